The largest absolute Gasteiger partial charge is 0.393 e. The van der Waals surface area contributed by atoms with Crippen LogP contribution in [0.5, 0.6) is 0 Å². The third-order valence-electron chi connectivity index (χ3n) is 12.6. The van der Waals surface area contributed by atoms with Crippen molar-refractivity contribution < 1.29 is 22.8 Å². The van der Waals surface area contributed by atoms with Gasteiger partial charge in [-0.3, -0.25) is 14.3 Å². The predicted molar refractivity (Wildman–Crippen MR) is 226 cm³/mol. The molecule has 2 aromatic rings. The highest BCUT2D eigenvalue weighted by molar-refractivity contribution is 6.00. The minimum absolute atomic E-state index is 0.0482. The van der Waals surface area contributed by atoms with Crippen LogP contribution in [0.1, 0.15) is 188 Å². The number of unbranched alkanes of at least 4 members (excludes halogenated alkanes) is 1. The highest BCUT2D eigenvalue weighted by Crippen LogP contribution is 2.53. The third kappa shape index (κ3) is 15.0. The number of rotatable bonds is 16. The first kappa shape index (κ1) is 49.7. The van der Waals surface area contributed by atoms with E-state index in [0.717, 1.165) is 50.0 Å². The Labute approximate surface area is 342 Å². The maximum Gasteiger partial charge on any atom is 0.393 e. The van der Waals surface area contributed by atoms with Gasteiger partial charge in [0.15, 0.2) is 0 Å². The van der Waals surface area contributed by atoms with Gasteiger partial charge in [0.05, 0.1) is 23.3 Å². The summed E-state index contributed by atoms with van der Waals surface area (Å²) < 4.78 is 41.0. The summed E-state index contributed by atoms with van der Waals surface area (Å²) in [7, 11) is 0. The molecule has 0 spiro atoms. The molecular formula is C45H76F3N7O2. The fourth-order valence-corrected chi connectivity index (χ4v) is 7.13. The zero-order chi connectivity index (χ0) is 43.1. The molecule has 12 heteroatoms. The first-order valence-electron chi connectivity index (χ1n) is 21.7. The van der Waals surface area contributed by atoms with E-state index in [2.05, 4.69) is 74.2 Å². The predicted octanol–water partition coefficient (Wildman–Crippen LogP) is 11.9. The first-order valence-corrected chi connectivity index (χ1v) is 21.7. The van der Waals surface area contributed by atoms with Crippen molar-refractivity contribution in [1.29, 1.82) is 5.41 Å². The summed E-state index contributed by atoms with van der Waals surface area (Å²) in [5, 5.41) is 18.0. The summed E-state index contributed by atoms with van der Waals surface area (Å²) >= 11 is 0. The Morgan fingerprint density at radius 3 is 2.18 bits per heavy atom. The number of alkyl halides is 3. The monoisotopic (exact) mass is 804 g/mol. The molecule has 2 aliphatic carbocycles. The molecule has 0 aromatic carbocycles. The smallest absolute Gasteiger partial charge is 0.353 e. The molecule has 2 aromatic heterocycles. The number of hydrogen-bond acceptors (Lipinski definition) is 5. The van der Waals surface area contributed by atoms with Gasteiger partial charge in [-0.2, -0.15) is 18.3 Å². The molecule has 0 radical (unpaired) electrons. The number of piperidine rings is 2. The number of fused-ring (bicyclic) bond motifs is 2. The Morgan fingerprint density at radius 2 is 1.72 bits per heavy atom. The van der Waals surface area contributed by atoms with Crippen LogP contribution < -0.4 is 10.6 Å². The molecule has 2 saturated carbocycles. The molecule has 3 atom stereocenters. The highest BCUT2D eigenvalue weighted by atomic mass is 19.4. The van der Waals surface area contributed by atoms with Crippen molar-refractivity contribution in [3.63, 3.8) is 0 Å². The molecule has 9 nitrogen and oxygen atoms in total. The lowest BCUT2D eigenvalue weighted by atomic mass is 9.66. The lowest BCUT2D eigenvalue weighted by Gasteiger charge is -2.46. The van der Waals surface area contributed by atoms with Gasteiger partial charge >= 0.3 is 6.18 Å². The molecule has 4 fully saturated rings. The SMILES string of the molecule is CCC(C)=C(C)C(=N)CC1C(=O)NC2CC1C2.CCC(C)CC1(CC)CC1.CCCC.CCn1nccc1C(=O)NC(CCC(C)(C)C(F)(F)F)c1cnc(C)[nH]1. The summed E-state index contributed by atoms with van der Waals surface area (Å²) in [5.74, 6) is 1.96. The number of aromatic nitrogens is 4. The van der Waals surface area contributed by atoms with Gasteiger partial charge in [-0.05, 0) is 108 Å². The molecule has 57 heavy (non-hydrogen) atoms. The van der Waals surface area contributed by atoms with E-state index in [9.17, 15) is 22.8 Å². The number of carbonyl (C=O) groups is 2. The molecule has 324 valence electrons. The standard InChI is InChI=1S/C17H24F3N5O.C14H22N2O.C10H20.C4H10/c1-5-25-14(7-9-22-25)15(26)24-12(13-10-21-11(2)23-13)6-8-16(3,4)17(18,19)20;1-4-8(2)9(3)13(15)7-12-10-5-11(6-10)16-14(12)17;1-4-9(3)8-10(5-2)6-7-10;1-3-4-2/h7,9-10,12H,5-6,8H2,1-4H3,(H,21,23)(H,24,26);10-12,15H,4-7H2,1-3H3,(H,16,17);9H,4-8H2,1-3H3;3-4H2,1-2H3. The normalized spacial score (nSPS) is 20.7. The quantitative estimate of drug-likeness (QED) is 0.126. The van der Waals surface area contributed by atoms with Crippen LogP contribution in [0.25, 0.3) is 0 Å². The van der Waals surface area contributed by atoms with E-state index >= 15 is 0 Å². The van der Waals surface area contributed by atoms with Gasteiger partial charge in [-0.25, -0.2) is 4.98 Å². The lowest BCUT2D eigenvalue weighted by molar-refractivity contribution is -0.214. The summed E-state index contributed by atoms with van der Waals surface area (Å²) in [6.07, 6.45) is 12.5. The summed E-state index contributed by atoms with van der Waals surface area (Å²) in [5.41, 5.74) is 2.89. The van der Waals surface area contributed by atoms with Crippen LogP contribution in [0.4, 0.5) is 13.2 Å². The average molecular weight is 804 g/mol. The first-order chi connectivity index (χ1) is 26.7. The third-order valence-corrected chi connectivity index (χ3v) is 12.6. The number of nitrogens with one attached hydrogen (secondary N) is 4. The zero-order valence-corrected chi connectivity index (χ0v) is 37.3. The van der Waals surface area contributed by atoms with E-state index in [-0.39, 0.29) is 30.6 Å². The summed E-state index contributed by atoms with van der Waals surface area (Å²) in [6.45, 7) is 24.0. The maximum atomic E-state index is 13.2. The van der Waals surface area contributed by atoms with Gasteiger partial charge in [-0.1, -0.05) is 86.6 Å². The van der Waals surface area contributed by atoms with E-state index in [1.54, 1.807) is 13.0 Å². The Hall–Kier alpha value is -3.44. The van der Waals surface area contributed by atoms with Crippen LogP contribution in [0.3, 0.4) is 0 Å². The Balaban J connectivity index is 0.000000307. The highest BCUT2D eigenvalue weighted by Gasteiger charge is 2.47. The van der Waals surface area contributed by atoms with Gasteiger partial charge in [0, 0.05) is 36.8 Å². The number of imidazole rings is 1. The van der Waals surface area contributed by atoms with Crippen molar-refractivity contribution in [3.05, 3.63) is 46.8 Å². The van der Waals surface area contributed by atoms with E-state index in [0.29, 0.717) is 47.8 Å². The molecule has 4 aliphatic rings. The van der Waals surface area contributed by atoms with Crippen LogP contribution in [0, 0.1) is 40.9 Å². The van der Waals surface area contributed by atoms with Gasteiger partial charge in [0.1, 0.15) is 11.5 Å². The van der Waals surface area contributed by atoms with Crippen molar-refractivity contribution in [2.24, 2.45) is 28.6 Å². The lowest BCUT2D eigenvalue weighted by Crippen LogP contribution is -2.57. The molecule has 2 saturated heterocycles. The van der Waals surface area contributed by atoms with Gasteiger partial charge in [0.25, 0.3) is 5.91 Å². The van der Waals surface area contributed by atoms with E-state index in [1.807, 2.05) is 13.8 Å². The molecule has 4 heterocycles. The number of allylic oxidation sites excluding steroid dienone is 2. The Kier molecular flexibility index (Phi) is 19.7. The number of aryl methyl sites for hydroxylation is 2. The molecule has 3 unspecified atom stereocenters. The van der Waals surface area contributed by atoms with E-state index < -0.39 is 17.6 Å². The molecule has 2 aliphatic heterocycles. The fraction of sp³-hybridized carbons (Fsp3) is 0.756. The Morgan fingerprint density at radius 1 is 1.09 bits per heavy atom. The second kappa shape index (κ2) is 22.6. The van der Waals surface area contributed by atoms with Crippen molar-refractivity contribution in [3.8, 4) is 0 Å². The summed E-state index contributed by atoms with van der Waals surface area (Å²) in [4.78, 5) is 31.5. The van der Waals surface area contributed by atoms with E-state index in [1.165, 1.54) is 67.6 Å². The number of amides is 2. The second-order valence-electron chi connectivity index (χ2n) is 17.5. The minimum Gasteiger partial charge on any atom is -0.353 e. The van der Waals surface area contributed by atoms with Gasteiger partial charge in [-0.15, -0.1) is 0 Å². The number of aromatic amines is 1. The average Bonchev–Trinajstić information content (AvgIpc) is 3.52. The van der Waals surface area contributed by atoms with Gasteiger partial charge < -0.3 is 21.0 Å². The molecule has 4 N–H and O–H groups in total. The fourth-order valence-electron chi connectivity index (χ4n) is 7.13. The van der Waals surface area contributed by atoms with Crippen LogP contribution in [0.15, 0.2) is 29.6 Å². The van der Waals surface area contributed by atoms with Crippen LogP contribution in [-0.2, 0) is 11.3 Å². The van der Waals surface area contributed by atoms with Gasteiger partial charge in [0.2, 0.25) is 5.91 Å². The summed E-state index contributed by atoms with van der Waals surface area (Å²) in [6, 6.07) is 1.41. The molecular weight excluding hydrogens is 728 g/mol. The number of hydrogen-bond donors (Lipinski definition) is 4. The molecule has 2 bridgehead atoms. The Bertz CT molecular complexity index is 1580. The number of halogens is 3. The van der Waals surface area contributed by atoms with E-state index in [4.69, 9.17) is 5.41 Å². The molecule has 6 rings (SSSR count). The maximum absolute atomic E-state index is 13.2. The minimum atomic E-state index is -4.31. The van der Waals surface area contributed by atoms with Crippen LogP contribution in [-0.4, -0.2) is 49.5 Å². The van der Waals surface area contributed by atoms with Crippen LogP contribution in [0.2, 0.25) is 0 Å². The topological polar surface area (TPSA) is 129 Å². The number of carbonyl (C=O) groups excluding carboxylic acids is 2. The van der Waals surface area contributed by atoms with Crippen molar-refractivity contribution >= 4 is 17.5 Å². The van der Waals surface area contributed by atoms with Crippen molar-refractivity contribution in [2.75, 3.05) is 0 Å². The number of H-pyrrole nitrogens is 1. The number of nitrogens with zero attached hydrogens (tertiary/aromatic N) is 3. The molecule has 2 amide bonds. The zero-order valence-electron chi connectivity index (χ0n) is 37.3. The second-order valence-corrected chi connectivity index (χ2v) is 17.5. The van der Waals surface area contributed by atoms with Crippen molar-refractivity contribution in [2.45, 2.75) is 191 Å². The van der Waals surface area contributed by atoms with Crippen molar-refractivity contribution in [1.82, 2.24) is 30.4 Å². The van der Waals surface area contributed by atoms with Crippen LogP contribution >= 0.6 is 0 Å².